The summed E-state index contributed by atoms with van der Waals surface area (Å²) in [4.78, 5) is 0. The highest BCUT2D eigenvalue weighted by atomic mass is 19.1. The molecule has 2 rings (SSSR count). The Morgan fingerprint density at radius 3 is 2.50 bits per heavy atom. The topological polar surface area (TPSA) is 47.3 Å². The molecule has 3 nitrogen and oxygen atoms in total. The monoisotopic (exact) mass is 280 g/mol. The summed E-state index contributed by atoms with van der Waals surface area (Å²) in [7, 11) is 1.54. The number of hydrogen-bond acceptors (Lipinski definition) is 3. The number of nitrogens with two attached hydrogens (primary N) is 1. The molecule has 3 N–H and O–H groups in total. The van der Waals surface area contributed by atoms with Crippen LogP contribution in [0.4, 0.5) is 4.39 Å². The smallest absolute Gasteiger partial charge is 0.131 e. The molecule has 4 heteroatoms. The number of ether oxygens (including phenoxy) is 1. The summed E-state index contributed by atoms with van der Waals surface area (Å²) in [6.07, 6.45) is 4.47. The number of hydrogen-bond donors (Lipinski definition) is 2. The van der Waals surface area contributed by atoms with Crippen LogP contribution in [0.15, 0.2) is 18.2 Å². The van der Waals surface area contributed by atoms with E-state index in [0.717, 1.165) is 25.7 Å². The lowest BCUT2D eigenvalue weighted by atomic mass is 9.70. The molecule has 0 aliphatic heterocycles. The van der Waals surface area contributed by atoms with Gasteiger partial charge in [-0.05, 0) is 43.1 Å². The minimum atomic E-state index is -0.253. The molecule has 1 aromatic carbocycles. The van der Waals surface area contributed by atoms with Crippen LogP contribution in [-0.2, 0) is 0 Å². The molecule has 1 aliphatic rings. The molecule has 0 amide bonds. The molecule has 0 saturated heterocycles. The minimum absolute atomic E-state index is 0.128. The van der Waals surface area contributed by atoms with Gasteiger partial charge in [0.05, 0.1) is 13.2 Å². The van der Waals surface area contributed by atoms with Crippen molar-refractivity contribution in [3.8, 4) is 5.75 Å². The summed E-state index contributed by atoms with van der Waals surface area (Å²) in [6.45, 7) is 4.59. The van der Waals surface area contributed by atoms with Gasteiger partial charge >= 0.3 is 0 Å². The van der Waals surface area contributed by atoms with Crippen LogP contribution in [0, 0.1) is 17.2 Å². The van der Waals surface area contributed by atoms with E-state index >= 15 is 0 Å². The van der Waals surface area contributed by atoms with E-state index in [1.165, 1.54) is 13.2 Å². The number of halogens is 1. The summed E-state index contributed by atoms with van der Waals surface area (Å²) in [5, 5.41) is 0. The van der Waals surface area contributed by atoms with E-state index in [-0.39, 0.29) is 11.9 Å². The molecule has 0 heterocycles. The second kappa shape index (κ2) is 6.10. The van der Waals surface area contributed by atoms with Gasteiger partial charge in [0, 0.05) is 11.6 Å². The third kappa shape index (κ3) is 3.30. The van der Waals surface area contributed by atoms with Crippen LogP contribution in [0.3, 0.4) is 0 Å². The Morgan fingerprint density at radius 2 is 2.00 bits per heavy atom. The molecular weight excluding hydrogens is 255 g/mol. The summed E-state index contributed by atoms with van der Waals surface area (Å²) in [5.41, 5.74) is 3.85. The molecule has 1 unspecified atom stereocenters. The first kappa shape index (κ1) is 15.3. The van der Waals surface area contributed by atoms with Crippen LogP contribution >= 0.6 is 0 Å². The maximum atomic E-state index is 14.2. The molecule has 1 fully saturated rings. The highest BCUT2D eigenvalue weighted by molar-refractivity contribution is 5.31. The minimum Gasteiger partial charge on any atom is -0.497 e. The average Bonchev–Trinajstić information content (AvgIpc) is 2.42. The Kier molecular flexibility index (Phi) is 4.66. The second-order valence-electron chi connectivity index (χ2n) is 6.53. The van der Waals surface area contributed by atoms with Crippen molar-refractivity contribution < 1.29 is 9.13 Å². The third-order valence-corrected chi connectivity index (χ3v) is 4.58. The van der Waals surface area contributed by atoms with E-state index in [0.29, 0.717) is 22.6 Å². The number of nitrogens with one attached hydrogen (secondary N) is 1. The maximum absolute atomic E-state index is 14.2. The van der Waals surface area contributed by atoms with Gasteiger partial charge in [0.15, 0.2) is 0 Å². The number of hydrazine groups is 1. The molecule has 1 aliphatic carbocycles. The second-order valence-corrected chi connectivity index (χ2v) is 6.53. The van der Waals surface area contributed by atoms with Gasteiger partial charge in [0.1, 0.15) is 11.6 Å². The Hall–Kier alpha value is -1.13. The Bertz CT molecular complexity index is 452. The van der Waals surface area contributed by atoms with Crippen LogP contribution in [0.2, 0.25) is 0 Å². The van der Waals surface area contributed by atoms with E-state index in [4.69, 9.17) is 10.6 Å². The Morgan fingerprint density at radius 1 is 1.35 bits per heavy atom. The zero-order chi connectivity index (χ0) is 14.8. The van der Waals surface area contributed by atoms with Crippen LogP contribution in [0.25, 0.3) is 0 Å². The standard InChI is InChI=1S/C16H25FN2O/c1-16(2)8-6-11(7-9-16)15(19-18)13-5-4-12(20-3)10-14(13)17/h4-5,10-11,15,19H,6-9,18H2,1-3H3. The fourth-order valence-corrected chi connectivity index (χ4v) is 3.12. The lowest BCUT2D eigenvalue weighted by Gasteiger charge is -2.38. The highest BCUT2D eigenvalue weighted by Gasteiger charge is 2.32. The van der Waals surface area contributed by atoms with Gasteiger partial charge in [-0.3, -0.25) is 11.3 Å². The van der Waals surface area contributed by atoms with Gasteiger partial charge in [0.2, 0.25) is 0 Å². The summed E-state index contributed by atoms with van der Waals surface area (Å²) >= 11 is 0. The Balaban J connectivity index is 2.16. The lowest BCUT2D eigenvalue weighted by molar-refractivity contribution is 0.160. The van der Waals surface area contributed by atoms with E-state index < -0.39 is 0 Å². The normalized spacial score (nSPS) is 20.6. The molecule has 0 spiro atoms. The molecule has 112 valence electrons. The number of benzene rings is 1. The van der Waals surface area contributed by atoms with Gasteiger partial charge in [-0.2, -0.15) is 0 Å². The van der Waals surface area contributed by atoms with Crippen molar-refractivity contribution in [3.63, 3.8) is 0 Å². The Labute approximate surface area is 120 Å². The summed E-state index contributed by atoms with van der Waals surface area (Å²) < 4.78 is 19.3. The molecule has 20 heavy (non-hydrogen) atoms. The zero-order valence-electron chi connectivity index (χ0n) is 12.6. The number of methoxy groups -OCH3 is 1. The first-order valence-corrected chi connectivity index (χ1v) is 7.26. The molecule has 1 saturated carbocycles. The highest BCUT2D eigenvalue weighted by Crippen LogP contribution is 2.43. The number of rotatable bonds is 4. The quantitative estimate of drug-likeness (QED) is 0.655. The fraction of sp³-hybridized carbons (Fsp3) is 0.625. The molecule has 0 aromatic heterocycles. The lowest BCUT2D eigenvalue weighted by Crippen LogP contribution is -2.37. The first-order chi connectivity index (χ1) is 9.46. The summed E-state index contributed by atoms with van der Waals surface area (Å²) in [5.74, 6) is 6.36. The molecule has 1 aromatic rings. The average molecular weight is 280 g/mol. The summed E-state index contributed by atoms with van der Waals surface area (Å²) in [6, 6.07) is 4.86. The largest absolute Gasteiger partial charge is 0.497 e. The predicted octanol–water partition coefficient (Wildman–Crippen LogP) is 3.56. The molecule has 1 atom stereocenters. The van der Waals surface area contributed by atoms with Crippen molar-refractivity contribution >= 4 is 0 Å². The van der Waals surface area contributed by atoms with Gasteiger partial charge in [-0.1, -0.05) is 19.9 Å². The first-order valence-electron chi connectivity index (χ1n) is 7.26. The molecule has 0 radical (unpaired) electrons. The van der Waals surface area contributed by atoms with Crippen LogP contribution in [0.1, 0.15) is 51.1 Å². The van der Waals surface area contributed by atoms with Gasteiger partial charge in [0.25, 0.3) is 0 Å². The van der Waals surface area contributed by atoms with Crippen LogP contribution in [0.5, 0.6) is 5.75 Å². The molecule has 0 bridgehead atoms. The van der Waals surface area contributed by atoms with Gasteiger partial charge in [-0.25, -0.2) is 4.39 Å². The van der Waals surface area contributed by atoms with E-state index in [1.54, 1.807) is 12.1 Å². The van der Waals surface area contributed by atoms with E-state index in [2.05, 4.69) is 19.3 Å². The van der Waals surface area contributed by atoms with Crippen molar-refractivity contribution in [1.82, 2.24) is 5.43 Å². The van der Waals surface area contributed by atoms with Gasteiger partial charge < -0.3 is 4.74 Å². The van der Waals surface area contributed by atoms with E-state index in [9.17, 15) is 4.39 Å². The van der Waals surface area contributed by atoms with E-state index in [1.807, 2.05) is 0 Å². The third-order valence-electron chi connectivity index (χ3n) is 4.58. The van der Waals surface area contributed by atoms with Crippen molar-refractivity contribution in [2.24, 2.45) is 17.2 Å². The maximum Gasteiger partial charge on any atom is 0.131 e. The van der Waals surface area contributed by atoms with Gasteiger partial charge in [-0.15, -0.1) is 0 Å². The fourth-order valence-electron chi connectivity index (χ4n) is 3.12. The molecular formula is C16H25FN2O. The van der Waals surface area contributed by atoms with Crippen molar-refractivity contribution in [3.05, 3.63) is 29.6 Å². The SMILES string of the molecule is COc1ccc(C(NN)C2CCC(C)(C)CC2)c(F)c1. The van der Waals surface area contributed by atoms with Crippen molar-refractivity contribution in [2.45, 2.75) is 45.6 Å². The van der Waals surface area contributed by atoms with Crippen LogP contribution in [-0.4, -0.2) is 7.11 Å². The van der Waals surface area contributed by atoms with Crippen molar-refractivity contribution in [1.29, 1.82) is 0 Å². The zero-order valence-corrected chi connectivity index (χ0v) is 12.6. The predicted molar refractivity (Wildman–Crippen MR) is 78.8 cm³/mol. The van der Waals surface area contributed by atoms with Crippen molar-refractivity contribution in [2.75, 3.05) is 7.11 Å². The van der Waals surface area contributed by atoms with Crippen LogP contribution < -0.4 is 16.0 Å².